The fourth-order valence-electron chi connectivity index (χ4n) is 5.33. The normalized spacial score (nSPS) is 39.5. The summed E-state index contributed by atoms with van der Waals surface area (Å²) in [6, 6.07) is 3.97. The van der Waals surface area contributed by atoms with Crippen LogP contribution in [0.3, 0.4) is 0 Å². The molecule has 0 radical (unpaired) electrons. The highest BCUT2D eigenvalue weighted by Crippen LogP contribution is 2.60. The molecule has 0 saturated heterocycles. The van der Waals surface area contributed by atoms with Gasteiger partial charge in [0.1, 0.15) is 5.78 Å². The highest BCUT2D eigenvalue weighted by Gasteiger charge is 2.53. The minimum absolute atomic E-state index is 0.0462. The first-order valence-electron chi connectivity index (χ1n) is 7.66. The summed E-state index contributed by atoms with van der Waals surface area (Å²) in [6.45, 7) is 0. The van der Waals surface area contributed by atoms with Crippen LogP contribution >= 0.6 is 0 Å². The molecule has 0 aliphatic heterocycles. The topological polar surface area (TPSA) is 30.0 Å². The van der Waals surface area contributed by atoms with E-state index in [0.717, 1.165) is 23.3 Å². The largest absolute Gasteiger partial charge is 0.299 e. The van der Waals surface area contributed by atoms with Gasteiger partial charge in [-0.05, 0) is 67.9 Å². The Balaban J connectivity index is 1.56. The summed E-state index contributed by atoms with van der Waals surface area (Å²) in [5, 5.41) is 0. The summed E-state index contributed by atoms with van der Waals surface area (Å²) in [5.41, 5.74) is 1.13. The van der Waals surface area contributed by atoms with E-state index in [1.165, 1.54) is 38.5 Å². The molecule has 5 rings (SSSR count). The van der Waals surface area contributed by atoms with Crippen LogP contribution in [0.1, 0.15) is 44.1 Å². The fourth-order valence-corrected chi connectivity index (χ4v) is 5.33. The maximum Gasteiger partial charge on any atom is 0.143 e. The third kappa shape index (κ3) is 1.92. The number of nitrogens with zero attached hydrogens (tertiary/aromatic N) is 1. The second kappa shape index (κ2) is 4.16. The lowest BCUT2D eigenvalue weighted by Gasteiger charge is -2.56. The number of aromatic nitrogens is 1. The van der Waals surface area contributed by atoms with E-state index in [2.05, 4.69) is 4.98 Å². The van der Waals surface area contributed by atoms with Crippen molar-refractivity contribution in [3.05, 3.63) is 30.1 Å². The SMILES string of the molecule is O=C(Cc1cccnc1)C12CC3CC(CC(C3)C1)C2. The maximum absolute atomic E-state index is 12.8. The molecule has 4 bridgehead atoms. The summed E-state index contributed by atoms with van der Waals surface area (Å²) in [6.07, 6.45) is 12.0. The number of hydrogen-bond acceptors (Lipinski definition) is 2. The molecule has 19 heavy (non-hydrogen) atoms. The van der Waals surface area contributed by atoms with E-state index in [-0.39, 0.29) is 5.41 Å². The molecule has 4 aliphatic carbocycles. The van der Waals surface area contributed by atoms with Crippen LogP contribution in [0, 0.1) is 23.2 Å². The minimum atomic E-state index is 0.0462. The summed E-state index contributed by atoms with van der Waals surface area (Å²) < 4.78 is 0. The van der Waals surface area contributed by atoms with Crippen LogP contribution in [0.2, 0.25) is 0 Å². The van der Waals surface area contributed by atoms with E-state index in [9.17, 15) is 4.79 Å². The lowest BCUT2D eigenvalue weighted by atomic mass is 9.48. The van der Waals surface area contributed by atoms with Gasteiger partial charge in [-0.1, -0.05) is 6.07 Å². The van der Waals surface area contributed by atoms with Gasteiger partial charge in [0.25, 0.3) is 0 Å². The van der Waals surface area contributed by atoms with Gasteiger partial charge in [0.15, 0.2) is 0 Å². The van der Waals surface area contributed by atoms with Crippen molar-refractivity contribution in [3.63, 3.8) is 0 Å². The maximum atomic E-state index is 12.8. The molecule has 0 unspecified atom stereocenters. The van der Waals surface area contributed by atoms with E-state index < -0.39 is 0 Å². The van der Waals surface area contributed by atoms with Crippen molar-refractivity contribution in [3.8, 4) is 0 Å². The Hall–Kier alpha value is -1.18. The summed E-state index contributed by atoms with van der Waals surface area (Å²) >= 11 is 0. The molecule has 1 heterocycles. The highest BCUT2D eigenvalue weighted by atomic mass is 16.1. The van der Waals surface area contributed by atoms with Crippen LogP contribution < -0.4 is 0 Å². The molecule has 0 spiro atoms. The van der Waals surface area contributed by atoms with Crippen LogP contribution in [0.4, 0.5) is 0 Å². The van der Waals surface area contributed by atoms with Crippen LogP contribution in [0.25, 0.3) is 0 Å². The smallest absolute Gasteiger partial charge is 0.143 e. The van der Waals surface area contributed by atoms with E-state index in [1.54, 1.807) is 6.20 Å². The second-order valence-electron chi connectivity index (χ2n) is 7.16. The van der Waals surface area contributed by atoms with Crippen molar-refractivity contribution in [2.24, 2.45) is 23.2 Å². The Morgan fingerprint density at radius 1 is 1.16 bits per heavy atom. The van der Waals surface area contributed by atoms with Gasteiger partial charge in [0.2, 0.25) is 0 Å². The first-order chi connectivity index (χ1) is 9.23. The van der Waals surface area contributed by atoms with Crippen molar-refractivity contribution >= 4 is 5.78 Å². The predicted molar refractivity (Wildman–Crippen MR) is 73.6 cm³/mol. The lowest BCUT2D eigenvalue weighted by Crippen LogP contribution is -2.50. The van der Waals surface area contributed by atoms with Crippen molar-refractivity contribution in [1.82, 2.24) is 4.98 Å². The van der Waals surface area contributed by atoms with E-state index in [0.29, 0.717) is 12.2 Å². The van der Waals surface area contributed by atoms with Gasteiger partial charge in [-0.3, -0.25) is 9.78 Å². The van der Waals surface area contributed by atoms with Gasteiger partial charge < -0.3 is 0 Å². The quantitative estimate of drug-likeness (QED) is 0.828. The molecule has 1 aromatic heterocycles. The second-order valence-corrected chi connectivity index (χ2v) is 7.16. The number of carbonyl (C=O) groups excluding carboxylic acids is 1. The molecule has 4 fully saturated rings. The van der Waals surface area contributed by atoms with Crippen molar-refractivity contribution in [1.29, 1.82) is 0 Å². The van der Waals surface area contributed by atoms with Crippen LogP contribution in [-0.4, -0.2) is 10.8 Å². The van der Waals surface area contributed by atoms with E-state index >= 15 is 0 Å². The molecule has 4 aliphatic rings. The number of pyridine rings is 1. The zero-order valence-electron chi connectivity index (χ0n) is 11.3. The van der Waals surface area contributed by atoms with E-state index in [1.807, 2.05) is 18.3 Å². The Morgan fingerprint density at radius 2 is 1.79 bits per heavy atom. The molecule has 0 aromatic carbocycles. The van der Waals surface area contributed by atoms with Gasteiger partial charge in [0, 0.05) is 24.2 Å². The van der Waals surface area contributed by atoms with Gasteiger partial charge in [-0.15, -0.1) is 0 Å². The number of Topliss-reactive ketones (excluding diaryl/α,β-unsaturated/α-hetero) is 1. The number of rotatable bonds is 3. The minimum Gasteiger partial charge on any atom is -0.299 e. The summed E-state index contributed by atoms with van der Waals surface area (Å²) in [5.74, 6) is 3.05. The van der Waals surface area contributed by atoms with Crippen LogP contribution in [0.5, 0.6) is 0 Å². The summed E-state index contributed by atoms with van der Waals surface area (Å²) in [7, 11) is 0. The Labute approximate surface area is 114 Å². The first-order valence-corrected chi connectivity index (χ1v) is 7.66. The molecule has 100 valence electrons. The predicted octanol–water partition coefficient (Wildman–Crippen LogP) is 3.41. The van der Waals surface area contributed by atoms with Crippen LogP contribution in [-0.2, 0) is 11.2 Å². The molecule has 0 amide bonds. The molecular formula is C17H21NO. The first kappa shape index (κ1) is 11.6. The zero-order chi connectivity index (χ0) is 12.9. The Kier molecular flexibility index (Phi) is 2.54. The van der Waals surface area contributed by atoms with Gasteiger partial charge in [-0.2, -0.15) is 0 Å². The van der Waals surface area contributed by atoms with Gasteiger partial charge in [0.05, 0.1) is 0 Å². The zero-order valence-corrected chi connectivity index (χ0v) is 11.3. The van der Waals surface area contributed by atoms with Crippen molar-refractivity contribution < 1.29 is 4.79 Å². The number of hydrogen-bond donors (Lipinski definition) is 0. The van der Waals surface area contributed by atoms with Crippen molar-refractivity contribution in [2.75, 3.05) is 0 Å². The third-order valence-corrected chi connectivity index (χ3v) is 5.72. The Bertz CT molecular complexity index is 458. The number of ketones is 1. The molecule has 4 saturated carbocycles. The van der Waals surface area contributed by atoms with Gasteiger partial charge in [-0.25, -0.2) is 0 Å². The molecule has 1 aromatic rings. The average molecular weight is 255 g/mol. The van der Waals surface area contributed by atoms with Crippen molar-refractivity contribution in [2.45, 2.75) is 44.9 Å². The molecule has 0 atom stereocenters. The average Bonchev–Trinajstić information content (AvgIpc) is 2.38. The lowest BCUT2D eigenvalue weighted by molar-refractivity contribution is -0.143. The van der Waals surface area contributed by atoms with E-state index in [4.69, 9.17) is 0 Å². The standard InChI is InChI=1S/C17H21NO/c19-16(7-12-2-1-3-18-11-12)17-8-13-4-14(9-17)6-15(5-13)10-17/h1-3,11,13-15H,4-10H2. The third-order valence-electron chi connectivity index (χ3n) is 5.72. The molecular weight excluding hydrogens is 234 g/mol. The van der Waals surface area contributed by atoms with Gasteiger partial charge >= 0.3 is 0 Å². The van der Waals surface area contributed by atoms with Crippen LogP contribution in [0.15, 0.2) is 24.5 Å². The molecule has 2 nitrogen and oxygen atoms in total. The fraction of sp³-hybridized carbons (Fsp3) is 0.647. The molecule has 2 heteroatoms. The highest BCUT2D eigenvalue weighted by molar-refractivity contribution is 5.87. The Morgan fingerprint density at radius 3 is 2.32 bits per heavy atom. The monoisotopic (exact) mass is 255 g/mol. The molecule has 0 N–H and O–H groups in total. The number of carbonyl (C=O) groups is 1. The summed E-state index contributed by atoms with van der Waals surface area (Å²) in [4.78, 5) is 17.0.